The summed E-state index contributed by atoms with van der Waals surface area (Å²) in [6.45, 7) is 2.34. The maximum absolute atomic E-state index is 13.4. The number of nitrogens with zero attached hydrogens (tertiary/aromatic N) is 2. The van der Waals surface area contributed by atoms with Gasteiger partial charge in [0.1, 0.15) is 11.1 Å². The van der Waals surface area contributed by atoms with E-state index in [4.69, 9.17) is 0 Å². The van der Waals surface area contributed by atoms with Gasteiger partial charge in [0, 0.05) is 30.1 Å². The number of benzene rings is 2. The minimum absolute atomic E-state index is 0. The van der Waals surface area contributed by atoms with Crippen molar-refractivity contribution in [2.45, 2.75) is 19.5 Å². The van der Waals surface area contributed by atoms with Gasteiger partial charge < -0.3 is 5.32 Å². The van der Waals surface area contributed by atoms with E-state index in [1.165, 1.54) is 23.0 Å². The number of nitrogens with one attached hydrogen (secondary N) is 1. The average molecular weight is 446 g/mol. The molecule has 1 N–H and O–H groups in total. The highest BCUT2D eigenvalue weighted by atomic mass is 35.5. The van der Waals surface area contributed by atoms with E-state index < -0.39 is 17.5 Å². The van der Waals surface area contributed by atoms with Crippen LogP contribution in [0.5, 0.6) is 0 Å². The van der Waals surface area contributed by atoms with E-state index in [-0.39, 0.29) is 18.0 Å². The molecule has 0 saturated heterocycles. The Morgan fingerprint density at radius 2 is 1.93 bits per heavy atom. The van der Waals surface area contributed by atoms with Gasteiger partial charge in [-0.2, -0.15) is 5.26 Å². The minimum Gasteiger partial charge on any atom is -0.312 e. The fraction of sp³-hybridized carbons (Fsp3) is 0.182. The quantitative estimate of drug-likeness (QED) is 0.605. The highest BCUT2D eigenvalue weighted by Gasteiger charge is 2.25. The summed E-state index contributed by atoms with van der Waals surface area (Å²) in [6, 6.07) is 15.3. The van der Waals surface area contributed by atoms with Crippen molar-refractivity contribution in [1.82, 2.24) is 4.90 Å². The van der Waals surface area contributed by atoms with Gasteiger partial charge in [0.25, 0.3) is 5.91 Å². The highest BCUT2D eigenvalue weighted by Crippen LogP contribution is 2.37. The molecule has 3 aromatic rings. The van der Waals surface area contributed by atoms with Crippen molar-refractivity contribution in [2.75, 3.05) is 11.9 Å². The van der Waals surface area contributed by atoms with E-state index in [0.717, 1.165) is 42.1 Å². The largest absolute Gasteiger partial charge is 0.312 e. The van der Waals surface area contributed by atoms with Crippen LogP contribution in [-0.2, 0) is 19.5 Å². The monoisotopic (exact) mass is 445 g/mol. The normalized spacial score (nSPS) is 13.1. The number of hydrogen-bond donors (Lipinski definition) is 1. The number of hydrogen-bond acceptors (Lipinski definition) is 4. The second-order valence-corrected chi connectivity index (χ2v) is 7.95. The summed E-state index contributed by atoms with van der Waals surface area (Å²) in [7, 11) is 0. The molecule has 0 bridgehead atoms. The maximum atomic E-state index is 13.4. The van der Waals surface area contributed by atoms with Crippen molar-refractivity contribution in [3.8, 4) is 6.07 Å². The van der Waals surface area contributed by atoms with Crippen LogP contribution >= 0.6 is 23.7 Å². The number of carbonyl (C=O) groups excluding carboxylic acids is 1. The molecule has 0 saturated carbocycles. The van der Waals surface area contributed by atoms with Crippen molar-refractivity contribution in [3.05, 3.63) is 87.3 Å². The van der Waals surface area contributed by atoms with Crippen molar-refractivity contribution >= 4 is 34.7 Å². The van der Waals surface area contributed by atoms with Gasteiger partial charge in [-0.15, -0.1) is 23.7 Å². The van der Waals surface area contributed by atoms with Gasteiger partial charge in [-0.05, 0) is 35.7 Å². The van der Waals surface area contributed by atoms with Gasteiger partial charge in [-0.25, -0.2) is 8.78 Å². The predicted octanol–water partition coefficient (Wildman–Crippen LogP) is 5.13. The molecule has 2 aromatic carbocycles. The van der Waals surface area contributed by atoms with E-state index >= 15 is 0 Å². The van der Waals surface area contributed by atoms with E-state index in [1.807, 2.05) is 18.2 Å². The molecule has 0 radical (unpaired) electrons. The summed E-state index contributed by atoms with van der Waals surface area (Å²) >= 11 is 1.37. The third-order valence-electron chi connectivity index (χ3n) is 4.91. The van der Waals surface area contributed by atoms with Gasteiger partial charge in [-0.1, -0.05) is 30.3 Å². The smallest absolute Gasteiger partial charge is 0.256 e. The van der Waals surface area contributed by atoms with Gasteiger partial charge in [-0.3, -0.25) is 9.69 Å². The number of thiophene rings is 1. The molecule has 0 aliphatic carbocycles. The number of anilines is 1. The first-order chi connectivity index (χ1) is 14.0. The van der Waals surface area contributed by atoms with Crippen molar-refractivity contribution in [1.29, 1.82) is 5.26 Å². The fourth-order valence-corrected chi connectivity index (χ4v) is 4.69. The Morgan fingerprint density at radius 3 is 2.63 bits per heavy atom. The van der Waals surface area contributed by atoms with Crippen LogP contribution < -0.4 is 5.32 Å². The molecule has 2 heterocycles. The molecule has 0 atom stereocenters. The summed E-state index contributed by atoms with van der Waals surface area (Å²) in [5, 5.41) is 12.8. The standard InChI is InChI=1S/C22H17F2N3OS.ClH/c23-18-7-6-15(10-19(18)24)21(28)26-22-17(11-25)16-8-9-27(13-20(16)29-22)12-14-4-2-1-3-5-14;/h1-7,10H,8-9,12-13H2,(H,26,28);1H. The Labute approximate surface area is 183 Å². The van der Waals surface area contributed by atoms with Crippen molar-refractivity contribution in [3.63, 3.8) is 0 Å². The highest BCUT2D eigenvalue weighted by molar-refractivity contribution is 7.16. The second kappa shape index (κ2) is 9.35. The van der Waals surface area contributed by atoms with Gasteiger partial charge in [0.15, 0.2) is 11.6 Å². The van der Waals surface area contributed by atoms with Gasteiger partial charge in [0.05, 0.1) is 5.56 Å². The molecule has 1 aliphatic rings. The Morgan fingerprint density at radius 1 is 1.17 bits per heavy atom. The topological polar surface area (TPSA) is 56.1 Å². The first-order valence-corrected chi connectivity index (χ1v) is 9.94. The van der Waals surface area contributed by atoms with Gasteiger partial charge in [0.2, 0.25) is 0 Å². The first-order valence-electron chi connectivity index (χ1n) is 9.12. The van der Waals surface area contributed by atoms with Crippen LogP contribution in [0, 0.1) is 23.0 Å². The predicted molar refractivity (Wildman–Crippen MR) is 115 cm³/mol. The number of amides is 1. The van der Waals surface area contributed by atoms with E-state index in [2.05, 4.69) is 28.4 Å². The molecular weight excluding hydrogens is 428 g/mol. The Balaban J connectivity index is 0.00000256. The zero-order valence-electron chi connectivity index (χ0n) is 15.8. The zero-order valence-corrected chi connectivity index (χ0v) is 17.5. The SMILES string of the molecule is Cl.N#Cc1c(NC(=O)c2ccc(F)c(F)c2)sc2c1CCN(Cc1ccccc1)C2. The molecular formula is C22H18ClF2N3OS. The lowest BCUT2D eigenvalue weighted by Crippen LogP contribution is -2.29. The van der Waals surface area contributed by atoms with Crippen LogP contribution in [0.4, 0.5) is 13.8 Å². The summed E-state index contributed by atoms with van der Waals surface area (Å²) < 4.78 is 26.5. The van der Waals surface area contributed by atoms with Gasteiger partial charge >= 0.3 is 0 Å². The number of fused-ring (bicyclic) bond motifs is 1. The van der Waals surface area contributed by atoms with Crippen molar-refractivity contribution < 1.29 is 13.6 Å². The number of nitriles is 1. The molecule has 30 heavy (non-hydrogen) atoms. The molecule has 1 amide bonds. The van der Waals surface area contributed by atoms with Crippen LogP contribution in [0.15, 0.2) is 48.5 Å². The lowest BCUT2D eigenvalue weighted by molar-refractivity contribution is 0.102. The minimum atomic E-state index is -1.08. The average Bonchev–Trinajstić information content (AvgIpc) is 3.06. The fourth-order valence-electron chi connectivity index (χ4n) is 3.45. The summed E-state index contributed by atoms with van der Waals surface area (Å²) in [5.41, 5.74) is 2.65. The second-order valence-electron chi connectivity index (χ2n) is 6.85. The summed E-state index contributed by atoms with van der Waals surface area (Å²) in [6.07, 6.45) is 0.725. The molecule has 1 aromatic heterocycles. The maximum Gasteiger partial charge on any atom is 0.256 e. The first kappa shape index (κ1) is 21.9. The van der Waals surface area contributed by atoms with Crippen LogP contribution in [0.2, 0.25) is 0 Å². The third-order valence-corrected chi connectivity index (χ3v) is 6.04. The molecule has 0 spiro atoms. The molecule has 0 fully saturated rings. The molecule has 8 heteroatoms. The number of carbonyl (C=O) groups is 1. The molecule has 4 rings (SSSR count). The Bertz CT molecular complexity index is 1110. The van der Waals surface area contributed by atoms with Crippen molar-refractivity contribution in [2.24, 2.45) is 0 Å². The van der Waals surface area contributed by atoms with Crippen LogP contribution in [0.3, 0.4) is 0 Å². The summed E-state index contributed by atoms with van der Waals surface area (Å²) in [5.74, 6) is -2.66. The summed E-state index contributed by atoms with van der Waals surface area (Å²) in [4.78, 5) is 15.8. The van der Waals surface area contributed by atoms with Crippen LogP contribution in [0.25, 0.3) is 0 Å². The zero-order chi connectivity index (χ0) is 20.4. The Kier molecular flexibility index (Phi) is 6.83. The van der Waals surface area contributed by atoms with Crippen LogP contribution in [0.1, 0.15) is 31.9 Å². The number of halogens is 3. The van der Waals surface area contributed by atoms with Crippen LogP contribution in [-0.4, -0.2) is 17.4 Å². The van der Waals surface area contributed by atoms with E-state index in [9.17, 15) is 18.8 Å². The lowest BCUT2D eigenvalue weighted by atomic mass is 10.0. The lowest BCUT2D eigenvalue weighted by Gasteiger charge is -2.26. The molecule has 154 valence electrons. The molecule has 1 aliphatic heterocycles. The third kappa shape index (κ3) is 4.51. The van der Waals surface area contributed by atoms with E-state index in [0.29, 0.717) is 17.1 Å². The van der Waals surface area contributed by atoms with E-state index in [1.54, 1.807) is 0 Å². The number of rotatable bonds is 4. The Hall–Kier alpha value is -2.79. The molecule has 0 unspecified atom stereocenters. The molecule has 4 nitrogen and oxygen atoms in total.